The van der Waals surface area contributed by atoms with Crippen LogP contribution in [0.5, 0.6) is 0 Å². The molecule has 0 aliphatic rings. The molecule has 0 aliphatic carbocycles. The van der Waals surface area contributed by atoms with E-state index in [4.69, 9.17) is 8.83 Å². The Balaban J connectivity index is 1.07. The first-order valence-corrected chi connectivity index (χ1v) is 18.1. The average Bonchev–Trinajstić information content (AvgIpc) is 3.98. The van der Waals surface area contributed by atoms with Gasteiger partial charge in [-0.2, -0.15) is 5.26 Å². The Bertz CT molecular complexity index is 3570. The second-order valence-electron chi connectivity index (χ2n) is 14.0. The summed E-state index contributed by atoms with van der Waals surface area (Å²) < 4.78 is 17.5. The lowest BCUT2D eigenvalue weighted by atomic mass is 10.0. The van der Waals surface area contributed by atoms with E-state index in [0.717, 1.165) is 99.2 Å². The molecule has 250 valence electrons. The molecule has 0 atom stereocenters. The molecule has 0 bridgehead atoms. The summed E-state index contributed by atoms with van der Waals surface area (Å²) in [5.74, 6) is 0. The van der Waals surface area contributed by atoms with Gasteiger partial charge in [0.05, 0.1) is 39.1 Å². The number of benzene rings is 8. The van der Waals surface area contributed by atoms with Crippen LogP contribution in [0.15, 0.2) is 173 Å². The van der Waals surface area contributed by atoms with Crippen LogP contribution in [0.1, 0.15) is 5.56 Å². The van der Waals surface area contributed by atoms with Crippen LogP contribution in [0, 0.1) is 11.3 Å². The fourth-order valence-corrected chi connectivity index (χ4v) is 8.81. The Morgan fingerprint density at radius 2 is 1.00 bits per heavy atom. The van der Waals surface area contributed by atoms with E-state index in [-0.39, 0.29) is 0 Å². The highest BCUT2D eigenvalue weighted by Gasteiger charge is 2.21. The molecular formula is C49H27N3O2. The van der Waals surface area contributed by atoms with Gasteiger partial charge in [0.2, 0.25) is 0 Å². The van der Waals surface area contributed by atoms with Crippen LogP contribution in [-0.4, -0.2) is 9.13 Å². The summed E-state index contributed by atoms with van der Waals surface area (Å²) in [5.41, 5.74) is 12.3. The SMILES string of the molecule is N#Cc1cc(-c2ccc(-n3c4ccccc4c4ccc5oc6ccccc6c5c43)cc2)cc(-n2c3ccccc3c3ccc4c5ccccc5oc4c32)c1. The maximum absolute atomic E-state index is 10.4. The highest BCUT2D eigenvalue weighted by Crippen LogP contribution is 2.43. The molecule has 4 aromatic heterocycles. The van der Waals surface area contributed by atoms with E-state index >= 15 is 0 Å². The van der Waals surface area contributed by atoms with Crippen molar-refractivity contribution in [1.29, 1.82) is 5.26 Å². The molecule has 0 aliphatic heterocycles. The lowest BCUT2D eigenvalue weighted by molar-refractivity contribution is 0.669. The van der Waals surface area contributed by atoms with Gasteiger partial charge in [0.15, 0.2) is 5.58 Å². The second-order valence-corrected chi connectivity index (χ2v) is 14.0. The van der Waals surface area contributed by atoms with Crippen molar-refractivity contribution in [2.24, 2.45) is 0 Å². The Kier molecular flexibility index (Phi) is 5.78. The Morgan fingerprint density at radius 3 is 1.74 bits per heavy atom. The lowest BCUT2D eigenvalue weighted by Gasteiger charge is -2.13. The number of fused-ring (bicyclic) bond motifs is 14. The maximum atomic E-state index is 10.4. The topological polar surface area (TPSA) is 59.9 Å². The van der Waals surface area contributed by atoms with Crippen LogP contribution in [-0.2, 0) is 0 Å². The number of hydrogen-bond donors (Lipinski definition) is 0. The molecule has 0 radical (unpaired) electrons. The molecule has 0 spiro atoms. The summed E-state index contributed by atoms with van der Waals surface area (Å²) in [6.07, 6.45) is 0. The van der Waals surface area contributed by atoms with Gasteiger partial charge >= 0.3 is 0 Å². The minimum atomic E-state index is 0.589. The largest absolute Gasteiger partial charge is 0.456 e. The molecular weight excluding hydrogens is 663 g/mol. The molecule has 4 heterocycles. The predicted molar refractivity (Wildman–Crippen MR) is 220 cm³/mol. The fourth-order valence-electron chi connectivity index (χ4n) is 8.81. The number of para-hydroxylation sites is 4. The maximum Gasteiger partial charge on any atom is 0.160 e. The summed E-state index contributed by atoms with van der Waals surface area (Å²) in [6, 6.07) is 59.4. The van der Waals surface area contributed by atoms with Crippen molar-refractivity contribution in [2.45, 2.75) is 0 Å². The minimum absolute atomic E-state index is 0.589. The number of furan rings is 2. The van der Waals surface area contributed by atoms with Gasteiger partial charge in [0.25, 0.3) is 0 Å². The first-order valence-electron chi connectivity index (χ1n) is 18.1. The van der Waals surface area contributed by atoms with E-state index in [0.29, 0.717) is 5.56 Å². The van der Waals surface area contributed by atoms with Crippen molar-refractivity contribution < 1.29 is 8.83 Å². The molecule has 5 heteroatoms. The molecule has 54 heavy (non-hydrogen) atoms. The number of nitrogens with zero attached hydrogens (tertiary/aromatic N) is 3. The smallest absolute Gasteiger partial charge is 0.160 e. The van der Waals surface area contributed by atoms with E-state index in [9.17, 15) is 5.26 Å². The van der Waals surface area contributed by atoms with Crippen molar-refractivity contribution in [2.75, 3.05) is 0 Å². The second kappa shape index (κ2) is 10.7. The lowest BCUT2D eigenvalue weighted by Crippen LogP contribution is -1.97. The normalized spacial score (nSPS) is 12.1. The summed E-state index contributed by atoms with van der Waals surface area (Å²) in [4.78, 5) is 0. The molecule has 12 rings (SSSR count). The highest BCUT2D eigenvalue weighted by atomic mass is 16.3. The summed E-state index contributed by atoms with van der Waals surface area (Å²) in [5, 5.41) is 19.3. The fraction of sp³-hybridized carbons (Fsp3) is 0. The Labute approximate surface area is 307 Å². The molecule has 0 saturated carbocycles. The van der Waals surface area contributed by atoms with E-state index < -0.39 is 0 Å². The van der Waals surface area contributed by atoms with E-state index in [1.165, 1.54) is 10.8 Å². The summed E-state index contributed by atoms with van der Waals surface area (Å²) >= 11 is 0. The predicted octanol–water partition coefficient (Wildman–Crippen LogP) is 13.2. The minimum Gasteiger partial charge on any atom is -0.456 e. The van der Waals surface area contributed by atoms with Crippen molar-refractivity contribution in [3.8, 4) is 28.6 Å². The molecule has 0 fully saturated rings. The zero-order valence-electron chi connectivity index (χ0n) is 28.7. The molecule has 0 saturated heterocycles. The van der Waals surface area contributed by atoms with Crippen LogP contribution in [0.4, 0.5) is 0 Å². The van der Waals surface area contributed by atoms with Gasteiger partial charge < -0.3 is 18.0 Å². The van der Waals surface area contributed by atoms with Gasteiger partial charge in [0, 0.05) is 49.1 Å². The number of nitriles is 1. The molecule has 0 amide bonds. The number of hydrogen-bond acceptors (Lipinski definition) is 3. The third kappa shape index (κ3) is 3.91. The van der Waals surface area contributed by atoms with Crippen molar-refractivity contribution in [3.63, 3.8) is 0 Å². The molecule has 5 nitrogen and oxygen atoms in total. The van der Waals surface area contributed by atoms with Crippen molar-refractivity contribution >= 4 is 87.5 Å². The van der Waals surface area contributed by atoms with Crippen molar-refractivity contribution in [1.82, 2.24) is 9.13 Å². The molecule has 0 unspecified atom stereocenters. The zero-order chi connectivity index (χ0) is 35.5. The van der Waals surface area contributed by atoms with Crippen LogP contribution < -0.4 is 0 Å². The van der Waals surface area contributed by atoms with Crippen LogP contribution in [0.25, 0.3) is 110 Å². The molecule has 0 N–H and O–H groups in total. The summed E-state index contributed by atoms with van der Waals surface area (Å²) in [7, 11) is 0. The summed E-state index contributed by atoms with van der Waals surface area (Å²) in [6.45, 7) is 0. The van der Waals surface area contributed by atoms with Gasteiger partial charge in [0.1, 0.15) is 16.7 Å². The van der Waals surface area contributed by atoms with Gasteiger partial charge in [-0.1, -0.05) is 91.0 Å². The molecule has 12 aromatic rings. The third-order valence-electron chi connectivity index (χ3n) is 11.1. The first-order chi connectivity index (χ1) is 26.7. The third-order valence-corrected chi connectivity index (χ3v) is 11.1. The van der Waals surface area contributed by atoms with E-state index in [2.05, 4.69) is 137 Å². The zero-order valence-corrected chi connectivity index (χ0v) is 28.7. The van der Waals surface area contributed by atoms with Gasteiger partial charge in [-0.05, 0) is 83.9 Å². The molecule has 8 aromatic carbocycles. The van der Waals surface area contributed by atoms with E-state index in [1.807, 2.05) is 42.5 Å². The quantitative estimate of drug-likeness (QED) is 0.185. The Hall–Kier alpha value is -7.55. The highest BCUT2D eigenvalue weighted by molar-refractivity contribution is 6.25. The van der Waals surface area contributed by atoms with Crippen LogP contribution in [0.3, 0.4) is 0 Å². The van der Waals surface area contributed by atoms with Crippen molar-refractivity contribution in [3.05, 3.63) is 169 Å². The van der Waals surface area contributed by atoms with Gasteiger partial charge in [-0.15, -0.1) is 0 Å². The average molecular weight is 690 g/mol. The standard InChI is InChI=1S/C49H27N3O2/c50-28-29-25-31(27-33(26-29)52-42-14-6-2-10-35(42)38-21-22-39-36-11-3-7-15-43(36)54-49(39)48(38)52)30-17-19-32(20-18-30)51-41-13-5-1-9-34(41)37-23-24-45-46(47(37)51)40-12-4-8-16-44(40)53-45/h1-27H. The monoisotopic (exact) mass is 689 g/mol. The van der Waals surface area contributed by atoms with Crippen LogP contribution in [0.2, 0.25) is 0 Å². The number of aromatic nitrogens is 2. The van der Waals surface area contributed by atoms with Gasteiger partial charge in [-0.25, -0.2) is 0 Å². The number of rotatable bonds is 3. The van der Waals surface area contributed by atoms with Crippen LogP contribution >= 0.6 is 0 Å². The first kappa shape index (κ1) is 29.1. The Morgan fingerprint density at radius 1 is 0.407 bits per heavy atom. The van der Waals surface area contributed by atoms with E-state index in [1.54, 1.807) is 0 Å². The van der Waals surface area contributed by atoms with Gasteiger partial charge in [-0.3, -0.25) is 0 Å².